The van der Waals surface area contributed by atoms with Crippen LogP contribution in [-0.2, 0) is 6.54 Å². The summed E-state index contributed by atoms with van der Waals surface area (Å²) in [6, 6.07) is 26.5. The number of hydrogen-bond donors (Lipinski definition) is 1. The number of benzene rings is 3. The maximum Gasteiger partial charge on any atom is 0.193 e. The number of fused-ring (bicyclic) bond motifs is 1. The van der Waals surface area contributed by atoms with Crippen LogP contribution in [-0.4, -0.2) is 15.0 Å². The van der Waals surface area contributed by atoms with E-state index in [9.17, 15) is 4.79 Å². The monoisotopic (exact) mass is 394 g/mol. The maximum atomic E-state index is 12.6. The smallest absolute Gasteiger partial charge is 0.193 e. The van der Waals surface area contributed by atoms with Crippen molar-refractivity contribution >= 4 is 16.7 Å². The minimum Gasteiger partial charge on any atom is -0.456 e. The molecule has 6 nitrogen and oxygen atoms in total. The summed E-state index contributed by atoms with van der Waals surface area (Å²) >= 11 is 0. The van der Waals surface area contributed by atoms with Crippen molar-refractivity contribution in [1.29, 1.82) is 0 Å². The molecule has 5 rings (SSSR count). The SMILES string of the molecule is O=c1cc(-c2ccccc2)oc2ccc(NCc3cn(-c4ccccc4)nn3)cc12. The van der Waals surface area contributed by atoms with E-state index in [0.29, 0.717) is 23.3 Å². The van der Waals surface area contributed by atoms with Gasteiger partial charge in [-0.1, -0.05) is 53.7 Å². The van der Waals surface area contributed by atoms with Crippen LogP contribution in [0.4, 0.5) is 5.69 Å². The molecule has 0 aliphatic rings. The molecular weight excluding hydrogens is 376 g/mol. The summed E-state index contributed by atoms with van der Waals surface area (Å²) in [7, 11) is 0. The molecule has 146 valence electrons. The van der Waals surface area contributed by atoms with Crippen LogP contribution in [0.2, 0.25) is 0 Å². The lowest BCUT2D eigenvalue weighted by Crippen LogP contribution is -2.03. The Kier molecular flexibility index (Phi) is 4.57. The van der Waals surface area contributed by atoms with Crippen molar-refractivity contribution < 1.29 is 4.42 Å². The fourth-order valence-corrected chi connectivity index (χ4v) is 3.29. The van der Waals surface area contributed by atoms with Gasteiger partial charge in [0.2, 0.25) is 0 Å². The van der Waals surface area contributed by atoms with Gasteiger partial charge in [0.15, 0.2) is 5.43 Å². The highest BCUT2D eigenvalue weighted by Crippen LogP contribution is 2.24. The Morgan fingerprint density at radius 1 is 0.900 bits per heavy atom. The predicted octanol–water partition coefficient (Wildman–Crippen LogP) is 4.65. The molecule has 2 heterocycles. The quantitative estimate of drug-likeness (QED) is 0.470. The van der Waals surface area contributed by atoms with Gasteiger partial charge in [-0.25, -0.2) is 4.68 Å². The number of nitrogens with one attached hydrogen (secondary N) is 1. The molecule has 2 aromatic heterocycles. The van der Waals surface area contributed by atoms with Crippen LogP contribution >= 0.6 is 0 Å². The molecule has 30 heavy (non-hydrogen) atoms. The first-order valence-corrected chi connectivity index (χ1v) is 9.60. The number of nitrogens with zero attached hydrogens (tertiary/aromatic N) is 3. The van der Waals surface area contributed by atoms with Crippen molar-refractivity contribution in [1.82, 2.24) is 15.0 Å². The summed E-state index contributed by atoms with van der Waals surface area (Å²) in [4.78, 5) is 12.6. The van der Waals surface area contributed by atoms with Crippen LogP contribution in [0.15, 0.2) is 100 Å². The summed E-state index contributed by atoms with van der Waals surface area (Å²) < 4.78 is 7.68. The standard InChI is InChI=1S/C24H18N4O2/c29-22-14-24(17-7-3-1-4-8-17)30-23-12-11-18(13-21(22)23)25-15-19-16-28(27-26-19)20-9-5-2-6-10-20/h1-14,16,25H,15H2. The van der Waals surface area contributed by atoms with Crippen molar-refractivity contribution in [2.24, 2.45) is 0 Å². The van der Waals surface area contributed by atoms with Gasteiger partial charge < -0.3 is 9.73 Å². The maximum absolute atomic E-state index is 12.6. The zero-order valence-corrected chi connectivity index (χ0v) is 16.0. The highest BCUT2D eigenvalue weighted by molar-refractivity contribution is 5.82. The minimum atomic E-state index is -0.0752. The van der Waals surface area contributed by atoms with Gasteiger partial charge in [-0.05, 0) is 30.3 Å². The predicted molar refractivity (Wildman–Crippen MR) is 117 cm³/mol. The summed E-state index contributed by atoms with van der Waals surface area (Å²) in [5.41, 5.74) is 3.92. The Morgan fingerprint density at radius 2 is 1.67 bits per heavy atom. The fraction of sp³-hybridized carbons (Fsp3) is 0.0417. The zero-order valence-electron chi connectivity index (χ0n) is 16.0. The molecule has 0 amide bonds. The molecule has 0 saturated carbocycles. The number of rotatable bonds is 5. The third-order valence-electron chi connectivity index (χ3n) is 4.82. The molecule has 1 N–H and O–H groups in total. The third-order valence-corrected chi connectivity index (χ3v) is 4.82. The Labute approximate surface area is 172 Å². The van der Waals surface area contributed by atoms with E-state index in [2.05, 4.69) is 15.6 Å². The van der Waals surface area contributed by atoms with Crippen LogP contribution in [0.5, 0.6) is 0 Å². The van der Waals surface area contributed by atoms with Gasteiger partial charge in [0.05, 0.1) is 23.8 Å². The summed E-state index contributed by atoms with van der Waals surface area (Å²) in [6.45, 7) is 0.492. The van der Waals surface area contributed by atoms with E-state index >= 15 is 0 Å². The van der Waals surface area contributed by atoms with Gasteiger partial charge >= 0.3 is 0 Å². The highest BCUT2D eigenvalue weighted by atomic mass is 16.3. The van der Waals surface area contributed by atoms with E-state index in [1.807, 2.05) is 79.0 Å². The van der Waals surface area contributed by atoms with Crippen LogP contribution in [0.25, 0.3) is 28.0 Å². The number of aromatic nitrogens is 3. The van der Waals surface area contributed by atoms with Gasteiger partial charge in [-0.3, -0.25) is 4.79 Å². The lowest BCUT2D eigenvalue weighted by Gasteiger charge is -2.07. The number of hydrogen-bond acceptors (Lipinski definition) is 5. The molecule has 0 spiro atoms. The Balaban J connectivity index is 1.36. The first-order valence-electron chi connectivity index (χ1n) is 9.60. The lowest BCUT2D eigenvalue weighted by molar-refractivity contribution is 0.619. The lowest BCUT2D eigenvalue weighted by atomic mass is 10.1. The van der Waals surface area contributed by atoms with Gasteiger partial charge in [-0.15, -0.1) is 5.10 Å². The van der Waals surface area contributed by atoms with Crippen LogP contribution in [0.1, 0.15) is 5.69 Å². The van der Waals surface area contributed by atoms with Crippen molar-refractivity contribution in [3.8, 4) is 17.0 Å². The number of para-hydroxylation sites is 1. The molecule has 0 aliphatic heterocycles. The van der Waals surface area contributed by atoms with Crippen molar-refractivity contribution in [3.05, 3.63) is 107 Å². The molecule has 3 aromatic carbocycles. The van der Waals surface area contributed by atoms with E-state index in [4.69, 9.17) is 4.42 Å². The number of anilines is 1. The molecule has 6 heteroatoms. The Morgan fingerprint density at radius 3 is 2.47 bits per heavy atom. The molecule has 0 bridgehead atoms. The molecule has 5 aromatic rings. The van der Waals surface area contributed by atoms with Crippen LogP contribution in [0.3, 0.4) is 0 Å². The fourth-order valence-electron chi connectivity index (χ4n) is 3.29. The average molecular weight is 394 g/mol. The van der Waals surface area contributed by atoms with Gasteiger partial charge in [-0.2, -0.15) is 0 Å². The van der Waals surface area contributed by atoms with Crippen LogP contribution < -0.4 is 10.7 Å². The first-order chi connectivity index (χ1) is 14.8. The van der Waals surface area contributed by atoms with Crippen molar-refractivity contribution in [3.63, 3.8) is 0 Å². The van der Waals surface area contributed by atoms with Gasteiger partial charge in [0.25, 0.3) is 0 Å². The van der Waals surface area contributed by atoms with E-state index in [0.717, 1.165) is 22.6 Å². The van der Waals surface area contributed by atoms with Gasteiger partial charge in [0, 0.05) is 17.3 Å². The summed E-state index contributed by atoms with van der Waals surface area (Å²) in [6.07, 6.45) is 1.88. The third kappa shape index (κ3) is 3.58. The van der Waals surface area contributed by atoms with E-state index < -0.39 is 0 Å². The first kappa shape index (κ1) is 17.9. The normalized spacial score (nSPS) is 10.9. The second kappa shape index (κ2) is 7.67. The average Bonchev–Trinajstić information content (AvgIpc) is 3.28. The van der Waals surface area contributed by atoms with Crippen molar-refractivity contribution in [2.45, 2.75) is 6.54 Å². The molecule has 0 aliphatic carbocycles. The largest absolute Gasteiger partial charge is 0.456 e. The molecule has 0 saturated heterocycles. The zero-order chi connectivity index (χ0) is 20.3. The molecule has 0 atom stereocenters. The van der Waals surface area contributed by atoms with Crippen molar-refractivity contribution in [2.75, 3.05) is 5.32 Å². The minimum absolute atomic E-state index is 0.0752. The van der Waals surface area contributed by atoms with Crippen LogP contribution in [0, 0.1) is 0 Å². The van der Waals surface area contributed by atoms with E-state index in [1.165, 1.54) is 6.07 Å². The topological polar surface area (TPSA) is 73.0 Å². The molecular formula is C24H18N4O2. The molecule has 0 unspecified atom stereocenters. The molecule has 0 fully saturated rings. The molecule has 0 radical (unpaired) electrons. The second-order valence-corrected chi connectivity index (χ2v) is 6.90. The van der Waals surface area contributed by atoms with E-state index in [-0.39, 0.29) is 5.43 Å². The Bertz CT molecular complexity index is 1360. The van der Waals surface area contributed by atoms with Gasteiger partial charge in [0.1, 0.15) is 17.0 Å². The second-order valence-electron chi connectivity index (χ2n) is 6.90. The highest BCUT2D eigenvalue weighted by Gasteiger charge is 2.08. The Hall–Kier alpha value is -4.19. The summed E-state index contributed by atoms with van der Waals surface area (Å²) in [5.74, 6) is 0.561. The summed E-state index contributed by atoms with van der Waals surface area (Å²) in [5, 5.41) is 12.2. The van der Waals surface area contributed by atoms with E-state index in [1.54, 1.807) is 10.7 Å².